The number of furan rings is 1. The molecule has 4 aromatic rings. The number of amides is 1. The molecule has 0 saturated heterocycles. The average Bonchev–Trinajstić information content (AvgIpc) is 3.30. The monoisotopic (exact) mass is 441 g/mol. The average molecular weight is 442 g/mol. The smallest absolute Gasteiger partial charge is 0.291 e. The number of ether oxygens (including phenoxy) is 1. The molecule has 0 saturated carbocycles. The molecule has 0 fully saturated rings. The van der Waals surface area contributed by atoms with E-state index in [1.807, 2.05) is 84.9 Å². The first-order valence-corrected chi connectivity index (χ1v) is 11.1. The van der Waals surface area contributed by atoms with Gasteiger partial charge in [-0.05, 0) is 54.4 Å². The van der Waals surface area contributed by atoms with Crippen LogP contribution in [0, 0.1) is 0 Å². The summed E-state index contributed by atoms with van der Waals surface area (Å²) in [5.74, 6) is 1.30. The van der Waals surface area contributed by atoms with Gasteiger partial charge in [-0.15, -0.1) is 6.58 Å². The molecule has 1 aromatic heterocycles. The fourth-order valence-electron chi connectivity index (χ4n) is 3.15. The van der Waals surface area contributed by atoms with E-state index in [4.69, 9.17) is 9.15 Å². The molecule has 0 spiro atoms. The minimum atomic E-state index is -0.301. The van der Waals surface area contributed by atoms with Crippen LogP contribution in [0.15, 0.2) is 118 Å². The molecular weight excluding hydrogens is 418 g/mol. The van der Waals surface area contributed by atoms with Gasteiger partial charge in [0.15, 0.2) is 5.76 Å². The van der Waals surface area contributed by atoms with Crippen LogP contribution in [0.2, 0.25) is 0 Å². The van der Waals surface area contributed by atoms with Gasteiger partial charge in [0.25, 0.3) is 5.91 Å². The highest BCUT2D eigenvalue weighted by molar-refractivity contribution is 7.99. The molecule has 4 rings (SSSR count). The minimum Gasteiger partial charge on any atom is -0.485 e. The van der Waals surface area contributed by atoms with Crippen LogP contribution in [-0.2, 0) is 13.0 Å². The maximum absolute atomic E-state index is 12.8. The minimum absolute atomic E-state index is 0.238. The van der Waals surface area contributed by atoms with Crippen molar-refractivity contribution in [3.63, 3.8) is 0 Å². The summed E-state index contributed by atoms with van der Waals surface area (Å²) >= 11 is 1.60. The summed E-state index contributed by atoms with van der Waals surface area (Å²) in [7, 11) is 0. The van der Waals surface area contributed by atoms with Crippen molar-refractivity contribution in [1.82, 2.24) is 0 Å². The Labute approximate surface area is 191 Å². The Kier molecular flexibility index (Phi) is 7.10. The maximum atomic E-state index is 12.8. The lowest BCUT2D eigenvalue weighted by molar-refractivity contribution is 0.0992. The standard InChI is InChI=1S/C27H23NO3S/c1-2-10-20-11-6-8-15-24(20)30-19-21-17-18-25(31-21)27(29)28-23-14-7-9-16-26(23)32-22-12-4-3-5-13-22/h2-9,11-18H,1,10,19H2,(H,28,29). The number of anilines is 1. The van der Waals surface area contributed by atoms with Crippen LogP contribution in [0.1, 0.15) is 21.9 Å². The maximum Gasteiger partial charge on any atom is 0.291 e. The van der Waals surface area contributed by atoms with E-state index in [0.29, 0.717) is 5.76 Å². The lowest BCUT2D eigenvalue weighted by Gasteiger charge is -2.10. The number of benzene rings is 3. The SMILES string of the molecule is C=CCc1ccccc1OCc1ccc(C(=O)Nc2ccccc2Sc2ccccc2)o1. The highest BCUT2D eigenvalue weighted by Gasteiger charge is 2.14. The van der Waals surface area contributed by atoms with Crippen LogP contribution in [-0.4, -0.2) is 5.91 Å². The van der Waals surface area contributed by atoms with Gasteiger partial charge >= 0.3 is 0 Å². The van der Waals surface area contributed by atoms with E-state index < -0.39 is 0 Å². The molecule has 3 aromatic carbocycles. The summed E-state index contributed by atoms with van der Waals surface area (Å²) in [6.07, 6.45) is 2.56. The van der Waals surface area contributed by atoms with Crippen molar-refractivity contribution in [2.75, 3.05) is 5.32 Å². The van der Waals surface area contributed by atoms with Crippen molar-refractivity contribution in [3.8, 4) is 5.75 Å². The van der Waals surface area contributed by atoms with Crippen LogP contribution < -0.4 is 10.1 Å². The first kappa shape index (κ1) is 21.5. The van der Waals surface area contributed by atoms with Gasteiger partial charge in [0, 0.05) is 9.79 Å². The third kappa shape index (κ3) is 5.50. The lowest BCUT2D eigenvalue weighted by atomic mass is 10.1. The third-order valence-corrected chi connectivity index (χ3v) is 5.78. The van der Waals surface area contributed by atoms with Gasteiger partial charge in [-0.3, -0.25) is 4.79 Å². The Morgan fingerprint density at radius 2 is 1.69 bits per heavy atom. The quantitative estimate of drug-likeness (QED) is 0.284. The molecule has 32 heavy (non-hydrogen) atoms. The molecule has 0 radical (unpaired) electrons. The van der Waals surface area contributed by atoms with Crippen LogP contribution >= 0.6 is 11.8 Å². The second-order valence-corrected chi connectivity index (χ2v) is 8.14. The largest absolute Gasteiger partial charge is 0.485 e. The van der Waals surface area contributed by atoms with Crippen LogP contribution in [0.4, 0.5) is 5.69 Å². The molecule has 0 aliphatic rings. The Hall–Kier alpha value is -3.70. The summed E-state index contributed by atoms with van der Waals surface area (Å²) in [5.41, 5.74) is 1.79. The highest BCUT2D eigenvalue weighted by Crippen LogP contribution is 2.33. The molecule has 160 valence electrons. The molecule has 0 aliphatic carbocycles. The Bertz CT molecular complexity index is 1200. The predicted octanol–water partition coefficient (Wildman–Crippen LogP) is 6.99. The number of rotatable bonds is 9. The lowest BCUT2D eigenvalue weighted by Crippen LogP contribution is -2.11. The van der Waals surface area contributed by atoms with E-state index in [2.05, 4.69) is 11.9 Å². The molecule has 5 heteroatoms. The van der Waals surface area contributed by atoms with Crippen molar-refractivity contribution < 1.29 is 13.9 Å². The summed E-state index contributed by atoms with van der Waals surface area (Å²) in [6.45, 7) is 4.02. The number of hydrogen-bond acceptors (Lipinski definition) is 4. The molecule has 0 bridgehead atoms. The van der Waals surface area contributed by atoms with Crippen molar-refractivity contribution in [3.05, 3.63) is 121 Å². The van der Waals surface area contributed by atoms with E-state index in [-0.39, 0.29) is 18.3 Å². The number of allylic oxidation sites excluding steroid dienone is 1. The van der Waals surface area contributed by atoms with Crippen molar-refractivity contribution in [2.24, 2.45) is 0 Å². The van der Waals surface area contributed by atoms with Gasteiger partial charge in [0.2, 0.25) is 0 Å². The molecule has 0 atom stereocenters. The van der Waals surface area contributed by atoms with Gasteiger partial charge in [-0.25, -0.2) is 0 Å². The predicted molar refractivity (Wildman–Crippen MR) is 128 cm³/mol. The van der Waals surface area contributed by atoms with Crippen LogP contribution in [0.3, 0.4) is 0 Å². The van der Waals surface area contributed by atoms with Gasteiger partial charge < -0.3 is 14.5 Å². The van der Waals surface area contributed by atoms with Gasteiger partial charge in [0.1, 0.15) is 18.1 Å². The number of nitrogens with one attached hydrogen (secondary N) is 1. The van der Waals surface area contributed by atoms with Gasteiger partial charge in [-0.1, -0.05) is 66.4 Å². The molecule has 1 amide bonds. The Morgan fingerprint density at radius 3 is 2.53 bits per heavy atom. The second-order valence-electron chi connectivity index (χ2n) is 7.02. The van der Waals surface area contributed by atoms with Crippen LogP contribution in [0.25, 0.3) is 0 Å². The van der Waals surface area contributed by atoms with E-state index >= 15 is 0 Å². The summed E-state index contributed by atoms with van der Waals surface area (Å²) in [5, 5.41) is 2.95. The highest BCUT2D eigenvalue weighted by atomic mass is 32.2. The Morgan fingerprint density at radius 1 is 0.938 bits per heavy atom. The van der Waals surface area contributed by atoms with E-state index in [1.54, 1.807) is 23.9 Å². The number of carbonyl (C=O) groups is 1. The number of para-hydroxylation sites is 2. The zero-order chi connectivity index (χ0) is 22.2. The topological polar surface area (TPSA) is 51.5 Å². The molecule has 1 heterocycles. The molecular formula is C27H23NO3S. The first-order chi connectivity index (χ1) is 15.7. The van der Waals surface area contributed by atoms with E-state index in [0.717, 1.165) is 33.2 Å². The molecule has 1 N–H and O–H groups in total. The zero-order valence-electron chi connectivity index (χ0n) is 17.5. The van der Waals surface area contributed by atoms with Crippen molar-refractivity contribution in [1.29, 1.82) is 0 Å². The molecule has 4 nitrogen and oxygen atoms in total. The van der Waals surface area contributed by atoms with Crippen molar-refractivity contribution >= 4 is 23.4 Å². The fourth-order valence-corrected chi connectivity index (χ4v) is 4.08. The Balaban J connectivity index is 1.41. The molecule has 0 unspecified atom stereocenters. The zero-order valence-corrected chi connectivity index (χ0v) is 18.3. The second kappa shape index (κ2) is 10.6. The summed E-state index contributed by atoms with van der Waals surface area (Å²) in [4.78, 5) is 14.8. The summed E-state index contributed by atoms with van der Waals surface area (Å²) in [6, 6.07) is 29.0. The number of carbonyl (C=O) groups excluding carboxylic acids is 1. The van der Waals surface area contributed by atoms with Crippen molar-refractivity contribution in [2.45, 2.75) is 22.8 Å². The normalized spacial score (nSPS) is 10.5. The first-order valence-electron chi connectivity index (χ1n) is 10.3. The van der Waals surface area contributed by atoms with Gasteiger partial charge in [0.05, 0.1) is 5.69 Å². The van der Waals surface area contributed by atoms with E-state index in [1.165, 1.54) is 0 Å². The van der Waals surface area contributed by atoms with Gasteiger partial charge in [-0.2, -0.15) is 0 Å². The summed E-state index contributed by atoms with van der Waals surface area (Å²) < 4.78 is 11.6. The van der Waals surface area contributed by atoms with Crippen LogP contribution in [0.5, 0.6) is 5.75 Å². The van der Waals surface area contributed by atoms with E-state index in [9.17, 15) is 4.79 Å². The fraction of sp³-hybridized carbons (Fsp3) is 0.0741. The molecule has 0 aliphatic heterocycles. The number of hydrogen-bond donors (Lipinski definition) is 1. The third-order valence-electron chi connectivity index (χ3n) is 4.70.